The summed E-state index contributed by atoms with van der Waals surface area (Å²) in [5, 5.41) is 11.7. The maximum Gasteiger partial charge on any atom is 0.253 e. The Hall–Kier alpha value is -2.25. The second-order valence-electron chi connectivity index (χ2n) is 7.43. The molecule has 27 heavy (non-hydrogen) atoms. The smallest absolute Gasteiger partial charge is 0.253 e. The van der Waals surface area contributed by atoms with Crippen LogP contribution in [0.3, 0.4) is 0 Å². The molecule has 4 rings (SSSR count). The zero-order valence-corrected chi connectivity index (χ0v) is 15.6. The van der Waals surface area contributed by atoms with Crippen molar-refractivity contribution in [3.63, 3.8) is 0 Å². The largest absolute Gasteiger partial charge is 0.368 e. The van der Waals surface area contributed by atoms with E-state index in [4.69, 9.17) is 10.5 Å². The van der Waals surface area contributed by atoms with Crippen LogP contribution in [-0.2, 0) is 28.9 Å². The Labute approximate surface area is 159 Å². The first-order valence-electron chi connectivity index (χ1n) is 9.87. The summed E-state index contributed by atoms with van der Waals surface area (Å²) in [6.45, 7) is 2.08. The molecule has 2 aliphatic heterocycles. The molecular weight excluding hydrogens is 342 g/mol. The summed E-state index contributed by atoms with van der Waals surface area (Å²) >= 11 is 0. The van der Waals surface area contributed by atoms with Crippen molar-refractivity contribution in [1.82, 2.24) is 14.8 Å². The van der Waals surface area contributed by atoms with Gasteiger partial charge in [0.2, 0.25) is 0 Å². The number of rotatable bonds is 5. The Balaban J connectivity index is 1.39. The van der Waals surface area contributed by atoms with Crippen molar-refractivity contribution in [2.75, 3.05) is 18.5 Å². The average Bonchev–Trinajstić information content (AvgIpc) is 3.24. The molecule has 144 valence electrons. The van der Waals surface area contributed by atoms with Crippen LogP contribution in [0, 0.1) is 5.92 Å². The summed E-state index contributed by atoms with van der Waals surface area (Å²) in [6.07, 6.45) is 5.82. The van der Waals surface area contributed by atoms with Crippen LogP contribution in [-0.4, -0.2) is 39.9 Å². The fourth-order valence-electron chi connectivity index (χ4n) is 3.94. The fraction of sp³-hybridized carbons (Fsp3) is 0.550. The van der Waals surface area contributed by atoms with Gasteiger partial charge in [0.05, 0.1) is 0 Å². The van der Waals surface area contributed by atoms with Crippen molar-refractivity contribution in [3.8, 4) is 0 Å². The number of hydrogen-bond acceptors (Lipinski definition) is 5. The van der Waals surface area contributed by atoms with E-state index in [9.17, 15) is 4.79 Å². The molecule has 1 amide bonds. The minimum atomic E-state index is -0.443. The molecule has 2 aliphatic rings. The fourth-order valence-corrected chi connectivity index (χ4v) is 3.94. The van der Waals surface area contributed by atoms with Gasteiger partial charge in [0.15, 0.2) is 0 Å². The number of nitrogens with zero attached hydrogens (tertiary/aromatic N) is 3. The first kappa shape index (κ1) is 18.1. The number of fused-ring (bicyclic) bond motifs is 1. The molecule has 3 N–H and O–H groups in total. The molecule has 1 fully saturated rings. The van der Waals surface area contributed by atoms with Gasteiger partial charge < -0.3 is 20.4 Å². The van der Waals surface area contributed by atoms with E-state index in [1.54, 1.807) is 0 Å². The number of benzene rings is 1. The molecule has 7 heteroatoms. The third-order valence-corrected chi connectivity index (χ3v) is 5.55. The van der Waals surface area contributed by atoms with Crippen LogP contribution in [0.15, 0.2) is 24.3 Å². The molecule has 7 nitrogen and oxygen atoms in total. The lowest BCUT2D eigenvalue weighted by Gasteiger charge is -2.16. The van der Waals surface area contributed by atoms with Crippen molar-refractivity contribution < 1.29 is 9.53 Å². The summed E-state index contributed by atoms with van der Waals surface area (Å²) in [5.41, 5.74) is 7.65. The number of amides is 1. The predicted molar refractivity (Wildman–Crippen MR) is 102 cm³/mol. The van der Waals surface area contributed by atoms with Crippen molar-refractivity contribution in [1.29, 1.82) is 0 Å². The van der Waals surface area contributed by atoms with E-state index in [1.807, 2.05) is 24.3 Å². The number of carbonyl (C=O) groups excluding carboxylic acids is 1. The van der Waals surface area contributed by atoms with E-state index < -0.39 is 6.10 Å². The Bertz CT molecular complexity index is 786. The standard InChI is InChI=1S/C20H27N5O2/c21-13-15-9-11-27-19(15)20(26)22-16-7-5-14(6-8-16)12-18-24-23-17-4-2-1-3-10-25(17)18/h5-8,15,19H,1-4,9-13,21H2,(H,22,26)/t15-,19-/m0/s1. The van der Waals surface area contributed by atoms with E-state index >= 15 is 0 Å². The van der Waals surface area contributed by atoms with Gasteiger partial charge in [-0.25, -0.2) is 0 Å². The van der Waals surface area contributed by atoms with Crippen LogP contribution in [0.2, 0.25) is 0 Å². The molecule has 3 heterocycles. The Kier molecular flexibility index (Phi) is 5.50. The number of anilines is 1. The molecule has 1 aromatic carbocycles. The normalized spacial score (nSPS) is 22.3. The molecule has 0 bridgehead atoms. The van der Waals surface area contributed by atoms with Gasteiger partial charge in [-0.3, -0.25) is 4.79 Å². The molecule has 0 unspecified atom stereocenters. The van der Waals surface area contributed by atoms with E-state index in [-0.39, 0.29) is 11.8 Å². The number of carbonyl (C=O) groups is 1. The lowest BCUT2D eigenvalue weighted by Crippen LogP contribution is -2.35. The highest BCUT2D eigenvalue weighted by Crippen LogP contribution is 2.22. The van der Waals surface area contributed by atoms with Crippen LogP contribution < -0.4 is 11.1 Å². The number of aryl methyl sites for hydroxylation is 1. The molecule has 0 radical (unpaired) electrons. The van der Waals surface area contributed by atoms with Gasteiger partial charge in [-0.1, -0.05) is 18.6 Å². The van der Waals surface area contributed by atoms with Crippen molar-refractivity contribution in [2.45, 2.75) is 51.2 Å². The highest BCUT2D eigenvalue weighted by atomic mass is 16.5. The second-order valence-corrected chi connectivity index (χ2v) is 7.43. The summed E-state index contributed by atoms with van der Waals surface area (Å²) in [4.78, 5) is 12.4. The average molecular weight is 369 g/mol. The van der Waals surface area contributed by atoms with E-state index in [2.05, 4.69) is 20.1 Å². The SMILES string of the molecule is NC[C@@H]1CCO[C@@H]1C(=O)Nc1ccc(Cc2nnc3n2CCCCC3)cc1. The minimum absolute atomic E-state index is 0.104. The number of aromatic nitrogens is 3. The summed E-state index contributed by atoms with van der Waals surface area (Å²) in [7, 11) is 0. The number of nitrogens with one attached hydrogen (secondary N) is 1. The van der Waals surface area contributed by atoms with E-state index in [0.29, 0.717) is 13.2 Å². The molecule has 1 saturated heterocycles. The topological polar surface area (TPSA) is 95.1 Å². The number of hydrogen-bond donors (Lipinski definition) is 2. The monoisotopic (exact) mass is 369 g/mol. The molecule has 1 aromatic heterocycles. The molecule has 0 saturated carbocycles. The predicted octanol–water partition coefficient (Wildman–Crippen LogP) is 1.90. The van der Waals surface area contributed by atoms with Crippen LogP contribution >= 0.6 is 0 Å². The highest BCUT2D eigenvalue weighted by Gasteiger charge is 2.33. The maximum absolute atomic E-state index is 12.4. The van der Waals surface area contributed by atoms with Crippen LogP contribution in [0.4, 0.5) is 5.69 Å². The summed E-state index contributed by atoms with van der Waals surface area (Å²) < 4.78 is 7.81. The van der Waals surface area contributed by atoms with Gasteiger partial charge >= 0.3 is 0 Å². The number of nitrogens with two attached hydrogens (primary N) is 1. The zero-order chi connectivity index (χ0) is 18.6. The van der Waals surface area contributed by atoms with Gasteiger partial charge in [0, 0.05) is 37.6 Å². The van der Waals surface area contributed by atoms with Crippen molar-refractivity contribution >= 4 is 11.6 Å². The first-order chi connectivity index (χ1) is 13.2. The molecule has 2 atom stereocenters. The minimum Gasteiger partial charge on any atom is -0.368 e. The van der Waals surface area contributed by atoms with E-state index in [0.717, 1.165) is 48.7 Å². The summed E-state index contributed by atoms with van der Waals surface area (Å²) in [5.74, 6) is 2.12. The lowest BCUT2D eigenvalue weighted by molar-refractivity contribution is -0.126. The van der Waals surface area contributed by atoms with Crippen LogP contribution in [0.25, 0.3) is 0 Å². The van der Waals surface area contributed by atoms with Gasteiger partial charge in [-0.15, -0.1) is 10.2 Å². The van der Waals surface area contributed by atoms with Crippen molar-refractivity contribution in [2.24, 2.45) is 11.7 Å². The summed E-state index contributed by atoms with van der Waals surface area (Å²) in [6, 6.07) is 7.92. The maximum atomic E-state index is 12.4. The Morgan fingerprint density at radius 2 is 2.07 bits per heavy atom. The lowest BCUT2D eigenvalue weighted by atomic mass is 10.0. The molecule has 0 aliphatic carbocycles. The van der Waals surface area contributed by atoms with Gasteiger partial charge in [0.1, 0.15) is 17.8 Å². The number of ether oxygens (including phenoxy) is 1. The van der Waals surface area contributed by atoms with Gasteiger partial charge in [-0.05, 0) is 43.5 Å². The molecule has 0 spiro atoms. The Morgan fingerprint density at radius 1 is 1.22 bits per heavy atom. The third kappa shape index (κ3) is 4.04. The Morgan fingerprint density at radius 3 is 2.89 bits per heavy atom. The zero-order valence-electron chi connectivity index (χ0n) is 15.6. The first-order valence-corrected chi connectivity index (χ1v) is 9.87. The molecule has 2 aromatic rings. The van der Waals surface area contributed by atoms with Gasteiger partial charge in [0.25, 0.3) is 5.91 Å². The quantitative estimate of drug-likeness (QED) is 0.839. The van der Waals surface area contributed by atoms with Crippen LogP contribution in [0.1, 0.15) is 42.9 Å². The van der Waals surface area contributed by atoms with Gasteiger partial charge in [-0.2, -0.15) is 0 Å². The highest BCUT2D eigenvalue weighted by molar-refractivity contribution is 5.94. The molecular formula is C20H27N5O2. The van der Waals surface area contributed by atoms with Crippen molar-refractivity contribution in [3.05, 3.63) is 41.5 Å². The third-order valence-electron chi connectivity index (χ3n) is 5.55. The second kappa shape index (κ2) is 8.19. The van der Waals surface area contributed by atoms with Crippen LogP contribution in [0.5, 0.6) is 0 Å². The van der Waals surface area contributed by atoms with E-state index in [1.165, 1.54) is 19.3 Å².